The van der Waals surface area contributed by atoms with Gasteiger partial charge in [-0.25, -0.2) is 4.79 Å². The summed E-state index contributed by atoms with van der Waals surface area (Å²) in [6, 6.07) is 7.82. The first kappa shape index (κ1) is 19.5. The molecule has 6 nitrogen and oxygen atoms in total. The number of para-hydroxylation sites is 2. The molecule has 2 saturated heterocycles. The molecule has 3 aliphatic rings. The smallest absolute Gasteiger partial charge is 0.321 e. The summed E-state index contributed by atoms with van der Waals surface area (Å²) in [7, 11) is 0. The molecule has 6 heteroatoms. The van der Waals surface area contributed by atoms with Gasteiger partial charge in [-0.1, -0.05) is 12.1 Å². The average molecular weight is 388 g/mol. The zero-order valence-corrected chi connectivity index (χ0v) is 16.8. The Hall–Kier alpha value is -1.79. The zero-order chi connectivity index (χ0) is 19.2. The van der Waals surface area contributed by atoms with Crippen LogP contribution in [0.4, 0.5) is 10.5 Å². The summed E-state index contributed by atoms with van der Waals surface area (Å²) in [5.74, 6) is 1.34. The second kappa shape index (κ2) is 9.61. The lowest BCUT2D eigenvalue weighted by atomic mass is 9.97. The van der Waals surface area contributed by atoms with E-state index in [0.717, 1.165) is 76.6 Å². The molecule has 1 aromatic carbocycles. The van der Waals surface area contributed by atoms with Crippen molar-refractivity contribution >= 4 is 11.7 Å². The van der Waals surface area contributed by atoms with Gasteiger partial charge >= 0.3 is 6.03 Å². The fraction of sp³-hybridized carbons (Fsp3) is 0.682. The zero-order valence-electron chi connectivity index (χ0n) is 16.8. The molecule has 1 unspecified atom stereocenters. The number of hydrogen-bond acceptors (Lipinski definition) is 4. The summed E-state index contributed by atoms with van der Waals surface area (Å²) in [6.45, 7) is 6.40. The molecule has 0 aromatic heterocycles. The van der Waals surface area contributed by atoms with Crippen LogP contribution in [0.1, 0.15) is 38.5 Å². The van der Waals surface area contributed by atoms with E-state index in [1.165, 1.54) is 19.3 Å². The molecule has 2 aliphatic heterocycles. The van der Waals surface area contributed by atoms with E-state index in [2.05, 4.69) is 10.2 Å². The van der Waals surface area contributed by atoms with Crippen molar-refractivity contribution in [3.05, 3.63) is 24.3 Å². The van der Waals surface area contributed by atoms with Crippen LogP contribution in [0.25, 0.3) is 0 Å². The number of anilines is 1. The summed E-state index contributed by atoms with van der Waals surface area (Å²) >= 11 is 0. The molecule has 0 radical (unpaired) electrons. The van der Waals surface area contributed by atoms with Crippen molar-refractivity contribution in [3.8, 4) is 5.75 Å². The number of carbonyl (C=O) groups is 1. The van der Waals surface area contributed by atoms with E-state index < -0.39 is 0 Å². The summed E-state index contributed by atoms with van der Waals surface area (Å²) in [4.78, 5) is 17.4. The molecule has 1 aliphatic carbocycles. The van der Waals surface area contributed by atoms with Crippen LogP contribution in [0, 0.1) is 5.92 Å². The normalized spacial score (nSPS) is 24.3. The summed E-state index contributed by atoms with van der Waals surface area (Å²) in [6.07, 6.45) is 7.24. The van der Waals surface area contributed by atoms with Gasteiger partial charge in [0.2, 0.25) is 0 Å². The van der Waals surface area contributed by atoms with Crippen LogP contribution in [0.5, 0.6) is 5.75 Å². The highest BCUT2D eigenvalue weighted by Crippen LogP contribution is 2.30. The fourth-order valence-electron chi connectivity index (χ4n) is 4.60. The Morgan fingerprint density at radius 3 is 2.68 bits per heavy atom. The molecule has 2 amide bonds. The van der Waals surface area contributed by atoms with E-state index in [-0.39, 0.29) is 12.1 Å². The number of likely N-dealkylation sites (tertiary alicyclic amines) is 1. The van der Waals surface area contributed by atoms with Gasteiger partial charge in [0.05, 0.1) is 25.0 Å². The molecule has 1 N–H and O–H groups in total. The molecule has 2 heterocycles. The van der Waals surface area contributed by atoms with E-state index in [0.29, 0.717) is 5.92 Å². The van der Waals surface area contributed by atoms with Gasteiger partial charge in [0.1, 0.15) is 5.75 Å². The lowest BCUT2D eigenvalue weighted by Gasteiger charge is -2.36. The maximum absolute atomic E-state index is 12.9. The molecule has 0 bridgehead atoms. The van der Waals surface area contributed by atoms with Crippen molar-refractivity contribution in [1.29, 1.82) is 0 Å². The second-order valence-electron chi connectivity index (χ2n) is 8.32. The minimum absolute atomic E-state index is 0.00542. The third kappa shape index (κ3) is 5.17. The van der Waals surface area contributed by atoms with Gasteiger partial charge in [0.25, 0.3) is 0 Å². The third-order valence-electron chi connectivity index (χ3n) is 6.15. The van der Waals surface area contributed by atoms with Gasteiger partial charge in [-0.2, -0.15) is 0 Å². The SMILES string of the molecule is O=C(Nc1ccccc1OC1CCCC1)N1CCCC(CN2CCOCC2)C1. The van der Waals surface area contributed by atoms with E-state index in [9.17, 15) is 4.79 Å². The van der Waals surface area contributed by atoms with E-state index in [1.54, 1.807) is 0 Å². The average Bonchev–Trinajstić information content (AvgIpc) is 3.24. The first-order chi connectivity index (χ1) is 13.8. The highest BCUT2D eigenvalue weighted by atomic mass is 16.5. The Balaban J connectivity index is 1.32. The number of morpholine rings is 1. The number of ether oxygens (including phenoxy) is 2. The molecule has 3 fully saturated rings. The molecule has 1 saturated carbocycles. The molecule has 4 rings (SSSR count). The number of rotatable bonds is 5. The molecule has 0 spiro atoms. The van der Waals surface area contributed by atoms with E-state index in [4.69, 9.17) is 9.47 Å². The molecule has 28 heavy (non-hydrogen) atoms. The van der Waals surface area contributed by atoms with Crippen molar-refractivity contribution in [3.63, 3.8) is 0 Å². The molecule has 1 aromatic rings. The van der Waals surface area contributed by atoms with Gasteiger partial charge in [-0.05, 0) is 56.6 Å². The van der Waals surface area contributed by atoms with Crippen molar-refractivity contribution in [2.45, 2.75) is 44.6 Å². The van der Waals surface area contributed by atoms with Crippen molar-refractivity contribution in [1.82, 2.24) is 9.80 Å². The molecular formula is C22H33N3O3. The highest BCUT2D eigenvalue weighted by molar-refractivity contribution is 5.91. The molecule has 1 atom stereocenters. The lowest BCUT2D eigenvalue weighted by molar-refractivity contribution is 0.0252. The second-order valence-corrected chi connectivity index (χ2v) is 8.32. The summed E-state index contributed by atoms with van der Waals surface area (Å²) in [5, 5.41) is 3.11. The Morgan fingerprint density at radius 1 is 1.07 bits per heavy atom. The van der Waals surface area contributed by atoms with Crippen molar-refractivity contribution in [2.24, 2.45) is 5.92 Å². The Morgan fingerprint density at radius 2 is 1.86 bits per heavy atom. The fourth-order valence-corrected chi connectivity index (χ4v) is 4.60. The predicted molar refractivity (Wildman–Crippen MR) is 110 cm³/mol. The number of nitrogens with zero attached hydrogens (tertiary/aromatic N) is 2. The maximum atomic E-state index is 12.9. The van der Waals surface area contributed by atoms with Gasteiger partial charge in [0.15, 0.2) is 0 Å². The summed E-state index contributed by atoms with van der Waals surface area (Å²) in [5.41, 5.74) is 0.787. The Kier molecular flexibility index (Phi) is 6.70. The number of urea groups is 1. The Labute approximate surface area is 168 Å². The van der Waals surface area contributed by atoms with E-state index >= 15 is 0 Å². The largest absolute Gasteiger partial charge is 0.488 e. The lowest BCUT2D eigenvalue weighted by Crippen LogP contribution is -2.47. The molecular weight excluding hydrogens is 354 g/mol. The van der Waals surface area contributed by atoms with Crippen LogP contribution in [-0.4, -0.2) is 67.9 Å². The first-order valence-corrected chi connectivity index (χ1v) is 10.9. The maximum Gasteiger partial charge on any atom is 0.321 e. The topological polar surface area (TPSA) is 54.0 Å². The van der Waals surface area contributed by atoms with Crippen molar-refractivity contribution < 1.29 is 14.3 Å². The summed E-state index contributed by atoms with van der Waals surface area (Å²) < 4.78 is 11.6. The van der Waals surface area contributed by atoms with Crippen molar-refractivity contribution in [2.75, 3.05) is 51.3 Å². The third-order valence-corrected chi connectivity index (χ3v) is 6.15. The Bertz CT molecular complexity index is 642. The van der Waals surface area contributed by atoms with Gasteiger partial charge < -0.3 is 19.7 Å². The number of hydrogen-bond donors (Lipinski definition) is 1. The van der Waals surface area contributed by atoms with Crippen LogP contribution >= 0.6 is 0 Å². The monoisotopic (exact) mass is 387 g/mol. The predicted octanol–water partition coefficient (Wildman–Crippen LogP) is 3.58. The van der Waals surface area contributed by atoms with Crippen LogP contribution in [0.15, 0.2) is 24.3 Å². The minimum atomic E-state index is -0.00542. The number of piperidine rings is 1. The number of amides is 2. The number of carbonyl (C=O) groups excluding carboxylic acids is 1. The van der Waals surface area contributed by atoms with Gasteiger partial charge in [-0.15, -0.1) is 0 Å². The van der Waals surface area contributed by atoms with Crippen LogP contribution < -0.4 is 10.1 Å². The van der Waals surface area contributed by atoms with E-state index in [1.807, 2.05) is 29.2 Å². The number of benzene rings is 1. The number of nitrogens with one attached hydrogen (secondary N) is 1. The first-order valence-electron chi connectivity index (χ1n) is 10.9. The molecule has 154 valence electrons. The van der Waals surface area contributed by atoms with Gasteiger partial charge in [0, 0.05) is 32.7 Å². The minimum Gasteiger partial charge on any atom is -0.488 e. The highest BCUT2D eigenvalue weighted by Gasteiger charge is 2.26. The van der Waals surface area contributed by atoms with Crippen LogP contribution in [0.2, 0.25) is 0 Å². The quantitative estimate of drug-likeness (QED) is 0.839. The standard InChI is InChI=1S/C22H33N3O3/c26-22(23-20-9-3-4-10-21(20)28-19-7-1-2-8-19)25-11-5-6-18(17-25)16-24-12-14-27-15-13-24/h3-4,9-10,18-19H,1-2,5-8,11-17H2,(H,23,26). The van der Waals surface area contributed by atoms with Crippen LogP contribution in [-0.2, 0) is 4.74 Å². The van der Waals surface area contributed by atoms with Crippen LogP contribution in [0.3, 0.4) is 0 Å². The van der Waals surface area contributed by atoms with Gasteiger partial charge in [-0.3, -0.25) is 4.90 Å².